The quantitative estimate of drug-likeness (QED) is 0.428. The number of ketones is 1. The van der Waals surface area contributed by atoms with E-state index in [1.807, 2.05) is 35.7 Å². The van der Waals surface area contributed by atoms with Crippen molar-refractivity contribution in [3.63, 3.8) is 0 Å². The molecule has 86 valence electrons. The van der Waals surface area contributed by atoms with Crippen molar-refractivity contribution in [2.75, 3.05) is 5.88 Å². The molecule has 0 aromatic heterocycles. The highest BCUT2D eigenvalue weighted by Gasteiger charge is 2.03. The molecule has 0 aliphatic carbocycles. The number of allylic oxidation sites excluding steroid dienone is 1. The Balaban J connectivity index is 2.61. The van der Waals surface area contributed by atoms with Crippen molar-refractivity contribution in [1.29, 1.82) is 0 Å². The van der Waals surface area contributed by atoms with E-state index in [1.165, 1.54) is 0 Å². The van der Waals surface area contributed by atoms with Crippen molar-refractivity contribution in [1.82, 2.24) is 0 Å². The lowest BCUT2D eigenvalue weighted by atomic mass is 10.1. The summed E-state index contributed by atoms with van der Waals surface area (Å²) in [4.78, 5) is 12.5. The Morgan fingerprint density at radius 1 is 1.38 bits per heavy atom. The highest BCUT2D eigenvalue weighted by molar-refractivity contribution is 8.02. The minimum Gasteiger partial charge on any atom is -0.295 e. The first kappa shape index (κ1) is 13.3. The summed E-state index contributed by atoms with van der Waals surface area (Å²) in [6.07, 6.45) is 1.61. The van der Waals surface area contributed by atoms with E-state index in [2.05, 4.69) is 0 Å². The number of alkyl halides is 1. The highest BCUT2D eigenvalue weighted by Crippen LogP contribution is 2.22. The van der Waals surface area contributed by atoms with Crippen LogP contribution in [0.3, 0.4) is 0 Å². The first-order chi connectivity index (χ1) is 7.74. The van der Waals surface area contributed by atoms with Crippen LogP contribution in [0.1, 0.15) is 19.8 Å². The Kier molecular flexibility index (Phi) is 6.27. The summed E-state index contributed by atoms with van der Waals surface area (Å²) in [5.74, 6) is 0.731. The normalized spacial score (nSPS) is 11.5. The molecule has 16 heavy (non-hydrogen) atoms. The fraction of sp³-hybridized carbons (Fsp3) is 0.308. The van der Waals surface area contributed by atoms with Gasteiger partial charge in [0.05, 0.1) is 0 Å². The van der Waals surface area contributed by atoms with E-state index in [1.54, 1.807) is 18.7 Å². The smallest absolute Gasteiger partial charge is 0.156 e. The molecule has 0 fully saturated rings. The number of hydrogen-bond donors (Lipinski definition) is 0. The molecule has 0 heterocycles. The molecule has 0 bridgehead atoms. The Hall–Kier alpha value is -0.730. The van der Waals surface area contributed by atoms with Gasteiger partial charge in [0.2, 0.25) is 0 Å². The van der Waals surface area contributed by atoms with Crippen LogP contribution in [-0.4, -0.2) is 11.7 Å². The van der Waals surface area contributed by atoms with E-state index in [4.69, 9.17) is 11.6 Å². The largest absolute Gasteiger partial charge is 0.295 e. The zero-order valence-corrected chi connectivity index (χ0v) is 10.9. The number of hydrogen-bond acceptors (Lipinski definition) is 2. The van der Waals surface area contributed by atoms with Crippen LogP contribution in [-0.2, 0) is 4.79 Å². The van der Waals surface area contributed by atoms with Crippen LogP contribution < -0.4 is 0 Å². The average Bonchev–Trinajstić information content (AvgIpc) is 2.30. The summed E-state index contributed by atoms with van der Waals surface area (Å²) < 4.78 is 0. The number of rotatable bonds is 6. The molecule has 0 saturated heterocycles. The van der Waals surface area contributed by atoms with Gasteiger partial charge in [0.25, 0.3) is 0 Å². The summed E-state index contributed by atoms with van der Waals surface area (Å²) in [5.41, 5.74) is 0.856. The maximum Gasteiger partial charge on any atom is 0.156 e. The lowest BCUT2D eigenvalue weighted by Crippen LogP contribution is -1.96. The van der Waals surface area contributed by atoms with Crippen LogP contribution >= 0.6 is 23.4 Å². The van der Waals surface area contributed by atoms with Crippen molar-refractivity contribution in [3.05, 3.63) is 41.3 Å². The molecule has 0 aliphatic rings. The van der Waals surface area contributed by atoms with E-state index in [9.17, 15) is 4.79 Å². The van der Waals surface area contributed by atoms with Crippen molar-refractivity contribution in [2.45, 2.75) is 24.7 Å². The zero-order chi connectivity index (χ0) is 11.8. The van der Waals surface area contributed by atoms with Gasteiger partial charge in [-0.25, -0.2) is 0 Å². The first-order valence-electron chi connectivity index (χ1n) is 5.21. The Morgan fingerprint density at radius 2 is 2.06 bits per heavy atom. The van der Waals surface area contributed by atoms with Gasteiger partial charge in [-0.05, 0) is 37.3 Å². The molecule has 0 amide bonds. The van der Waals surface area contributed by atoms with Crippen LogP contribution in [0.5, 0.6) is 0 Å². The lowest BCUT2D eigenvalue weighted by molar-refractivity contribution is -0.113. The third kappa shape index (κ3) is 4.86. The number of Topliss-reactive ketones (excluding diaryl/α,β-unsaturated/α-hetero) is 1. The third-order valence-electron chi connectivity index (χ3n) is 2.11. The van der Waals surface area contributed by atoms with Crippen LogP contribution in [0, 0.1) is 0 Å². The van der Waals surface area contributed by atoms with Gasteiger partial charge in [-0.15, -0.1) is 11.6 Å². The van der Waals surface area contributed by atoms with Gasteiger partial charge in [0, 0.05) is 16.3 Å². The van der Waals surface area contributed by atoms with Gasteiger partial charge in [0.1, 0.15) is 0 Å². The predicted octanol–water partition coefficient (Wildman–Crippen LogP) is 4.27. The predicted molar refractivity (Wildman–Crippen MR) is 71.0 cm³/mol. The van der Waals surface area contributed by atoms with Crippen molar-refractivity contribution >= 4 is 29.1 Å². The zero-order valence-electron chi connectivity index (χ0n) is 9.28. The number of carbonyl (C=O) groups excluding carboxylic acids is 1. The monoisotopic (exact) mass is 254 g/mol. The summed E-state index contributed by atoms with van der Waals surface area (Å²) in [5, 5.41) is 1.93. The van der Waals surface area contributed by atoms with E-state index in [0.717, 1.165) is 23.3 Å². The number of halogens is 1. The van der Waals surface area contributed by atoms with Gasteiger partial charge < -0.3 is 0 Å². The van der Waals surface area contributed by atoms with Gasteiger partial charge in [-0.3, -0.25) is 4.79 Å². The number of thioether (sulfide) groups is 1. The third-order valence-corrected chi connectivity index (χ3v) is 3.33. The van der Waals surface area contributed by atoms with E-state index >= 15 is 0 Å². The summed E-state index contributed by atoms with van der Waals surface area (Å²) in [6.45, 7) is 1.60. The molecule has 0 aliphatic heterocycles. The van der Waals surface area contributed by atoms with E-state index < -0.39 is 0 Å². The maximum atomic E-state index is 11.3. The van der Waals surface area contributed by atoms with Crippen LogP contribution in [0.25, 0.3) is 0 Å². The van der Waals surface area contributed by atoms with Crippen LogP contribution in [0.2, 0.25) is 0 Å². The molecular formula is C13H15ClOS. The number of carbonyl (C=O) groups is 1. The van der Waals surface area contributed by atoms with Crippen molar-refractivity contribution < 1.29 is 4.79 Å². The molecular weight excluding hydrogens is 240 g/mol. The first-order valence-corrected chi connectivity index (χ1v) is 6.63. The standard InChI is InChI=1S/C13H15ClOS/c1-11(15)12(6-5-9-14)10-16-13-7-3-2-4-8-13/h2-4,7-8,10H,5-6,9H2,1H3/b12-10-. The molecule has 0 atom stereocenters. The Labute approximate surface area is 106 Å². The molecule has 0 N–H and O–H groups in total. The fourth-order valence-electron chi connectivity index (χ4n) is 1.21. The second kappa shape index (κ2) is 7.53. The summed E-state index contributed by atoms with van der Waals surface area (Å²) in [7, 11) is 0. The van der Waals surface area contributed by atoms with Gasteiger partial charge in [0.15, 0.2) is 5.78 Å². The number of benzene rings is 1. The second-order valence-electron chi connectivity index (χ2n) is 3.42. The van der Waals surface area contributed by atoms with Gasteiger partial charge in [-0.2, -0.15) is 0 Å². The molecule has 1 nitrogen and oxygen atoms in total. The fourth-order valence-corrected chi connectivity index (χ4v) is 2.22. The Morgan fingerprint density at radius 3 is 2.62 bits per heavy atom. The van der Waals surface area contributed by atoms with Gasteiger partial charge in [-0.1, -0.05) is 30.0 Å². The average molecular weight is 255 g/mol. The molecule has 0 radical (unpaired) electrons. The Bertz CT molecular complexity index is 359. The summed E-state index contributed by atoms with van der Waals surface area (Å²) >= 11 is 7.20. The molecule has 1 aromatic carbocycles. The lowest BCUT2D eigenvalue weighted by Gasteiger charge is -2.02. The SMILES string of the molecule is CC(=O)/C(=C\Sc1ccccc1)CCCCl. The summed E-state index contributed by atoms with van der Waals surface area (Å²) in [6, 6.07) is 10.0. The topological polar surface area (TPSA) is 17.1 Å². The highest BCUT2D eigenvalue weighted by atomic mass is 35.5. The molecule has 1 rings (SSSR count). The van der Waals surface area contributed by atoms with Crippen LogP contribution in [0.4, 0.5) is 0 Å². The van der Waals surface area contributed by atoms with Crippen molar-refractivity contribution in [3.8, 4) is 0 Å². The molecule has 0 unspecified atom stereocenters. The second-order valence-corrected chi connectivity index (χ2v) is 4.74. The minimum absolute atomic E-state index is 0.133. The molecule has 3 heteroatoms. The van der Waals surface area contributed by atoms with Gasteiger partial charge >= 0.3 is 0 Å². The van der Waals surface area contributed by atoms with Crippen molar-refractivity contribution in [2.24, 2.45) is 0 Å². The van der Waals surface area contributed by atoms with E-state index in [-0.39, 0.29) is 5.78 Å². The molecule has 0 spiro atoms. The maximum absolute atomic E-state index is 11.3. The van der Waals surface area contributed by atoms with Crippen LogP contribution in [0.15, 0.2) is 46.2 Å². The molecule has 1 aromatic rings. The molecule has 0 saturated carbocycles. The van der Waals surface area contributed by atoms with E-state index in [0.29, 0.717) is 5.88 Å². The minimum atomic E-state index is 0.133.